The Kier molecular flexibility index (Phi) is 5.31. The molecule has 1 aliphatic rings. The Labute approximate surface area is 142 Å². The first kappa shape index (κ1) is 18.0. The van der Waals surface area contributed by atoms with Gasteiger partial charge in [0.05, 0.1) is 4.92 Å². The lowest BCUT2D eigenvalue weighted by Crippen LogP contribution is -2.49. The number of nitro groups is 1. The average Bonchev–Trinajstić information content (AvgIpc) is 2.45. The van der Waals surface area contributed by atoms with Gasteiger partial charge in [-0.05, 0) is 52.2 Å². The van der Waals surface area contributed by atoms with Crippen LogP contribution in [0.15, 0.2) is 18.2 Å². The second kappa shape index (κ2) is 7.07. The van der Waals surface area contributed by atoms with Gasteiger partial charge in [0.25, 0.3) is 5.69 Å². The van der Waals surface area contributed by atoms with Crippen molar-refractivity contribution in [1.29, 1.82) is 0 Å². The Hall–Kier alpha value is -2.31. The maximum Gasteiger partial charge on any atom is 0.407 e. The van der Waals surface area contributed by atoms with E-state index in [4.69, 9.17) is 4.74 Å². The summed E-state index contributed by atoms with van der Waals surface area (Å²) in [7, 11) is 0. The molecule has 1 aromatic carbocycles. The molecule has 7 heteroatoms. The zero-order chi connectivity index (χ0) is 17.9. The van der Waals surface area contributed by atoms with Crippen molar-refractivity contribution in [3.8, 4) is 0 Å². The average molecular weight is 335 g/mol. The summed E-state index contributed by atoms with van der Waals surface area (Å²) in [6, 6.07) is 4.89. The van der Waals surface area contributed by atoms with Crippen LogP contribution in [0.25, 0.3) is 0 Å². The van der Waals surface area contributed by atoms with Crippen molar-refractivity contribution in [3.05, 3.63) is 33.9 Å². The van der Waals surface area contributed by atoms with E-state index < -0.39 is 11.7 Å². The van der Waals surface area contributed by atoms with Gasteiger partial charge in [-0.25, -0.2) is 4.79 Å². The number of alkyl carbamates (subject to hydrolysis) is 1. The van der Waals surface area contributed by atoms with Crippen LogP contribution in [0.2, 0.25) is 0 Å². The van der Waals surface area contributed by atoms with E-state index in [2.05, 4.69) is 10.2 Å². The molecule has 0 aromatic heterocycles. The van der Waals surface area contributed by atoms with Crippen molar-refractivity contribution >= 4 is 17.5 Å². The number of nitrogens with zero attached hydrogens (tertiary/aromatic N) is 2. The Morgan fingerprint density at radius 2 is 2.12 bits per heavy atom. The number of anilines is 1. The number of hydrogen-bond donors (Lipinski definition) is 1. The number of benzene rings is 1. The standard InChI is InChI=1S/C17H25N3O4/c1-12-10-14(20(22)23)7-8-15(12)19-9-5-6-13(11-19)18-16(21)24-17(2,3)4/h7-8,10,13H,5-6,9,11H2,1-4H3,(H,18,21)/t13-/m0/s1. The van der Waals surface area contributed by atoms with E-state index in [9.17, 15) is 14.9 Å². The number of piperidine rings is 1. The maximum atomic E-state index is 11.9. The van der Waals surface area contributed by atoms with Crippen molar-refractivity contribution in [2.45, 2.75) is 52.2 Å². The van der Waals surface area contributed by atoms with E-state index in [1.165, 1.54) is 6.07 Å². The molecule has 24 heavy (non-hydrogen) atoms. The van der Waals surface area contributed by atoms with E-state index in [-0.39, 0.29) is 16.7 Å². The molecule has 7 nitrogen and oxygen atoms in total. The largest absolute Gasteiger partial charge is 0.444 e. The lowest BCUT2D eigenvalue weighted by atomic mass is 10.0. The topological polar surface area (TPSA) is 84.7 Å². The Bertz CT molecular complexity index is 625. The van der Waals surface area contributed by atoms with E-state index in [0.29, 0.717) is 6.54 Å². The molecule has 1 saturated heterocycles. The lowest BCUT2D eigenvalue weighted by molar-refractivity contribution is -0.384. The van der Waals surface area contributed by atoms with Gasteiger partial charge in [-0.3, -0.25) is 10.1 Å². The molecule has 1 N–H and O–H groups in total. The number of carbonyl (C=O) groups excluding carboxylic acids is 1. The molecule has 0 radical (unpaired) electrons. The van der Waals surface area contributed by atoms with Crippen LogP contribution in [0.3, 0.4) is 0 Å². The second-order valence-electron chi connectivity index (χ2n) is 7.16. The number of ether oxygens (including phenoxy) is 1. The Morgan fingerprint density at radius 1 is 1.42 bits per heavy atom. The highest BCUT2D eigenvalue weighted by Crippen LogP contribution is 2.27. The fourth-order valence-electron chi connectivity index (χ4n) is 2.90. The monoisotopic (exact) mass is 335 g/mol. The molecule has 2 rings (SSSR count). The zero-order valence-corrected chi connectivity index (χ0v) is 14.7. The van der Waals surface area contributed by atoms with E-state index in [1.54, 1.807) is 12.1 Å². The molecule has 1 amide bonds. The lowest BCUT2D eigenvalue weighted by Gasteiger charge is -2.35. The molecular weight excluding hydrogens is 310 g/mol. The summed E-state index contributed by atoms with van der Waals surface area (Å²) in [5, 5.41) is 13.8. The van der Waals surface area contributed by atoms with Crippen LogP contribution in [-0.4, -0.2) is 35.7 Å². The number of amides is 1. The fraction of sp³-hybridized carbons (Fsp3) is 0.588. The molecule has 0 unspecified atom stereocenters. The third-order valence-corrected chi connectivity index (χ3v) is 3.87. The van der Waals surface area contributed by atoms with Gasteiger partial charge in [0.2, 0.25) is 0 Å². The molecule has 0 aliphatic carbocycles. The van der Waals surface area contributed by atoms with Crippen molar-refractivity contribution in [2.24, 2.45) is 0 Å². The highest BCUT2D eigenvalue weighted by Gasteiger charge is 2.25. The molecule has 1 fully saturated rings. The SMILES string of the molecule is Cc1cc([N+](=O)[O-])ccc1N1CCC[C@H](NC(=O)OC(C)(C)C)C1. The predicted molar refractivity (Wildman–Crippen MR) is 92.4 cm³/mol. The number of aryl methyl sites for hydroxylation is 1. The van der Waals surface area contributed by atoms with Gasteiger partial charge in [0, 0.05) is 37.0 Å². The van der Waals surface area contributed by atoms with Crippen molar-refractivity contribution < 1.29 is 14.5 Å². The quantitative estimate of drug-likeness (QED) is 0.676. The van der Waals surface area contributed by atoms with Gasteiger partial charge in [-0.2, -0.15) is 0 Å². The molecule has 0 saturated carbocycles. The third kappa shape index (κ3) is 4.84. The number of nitro benzene ring substituents is 1. The van der Waals surface area contributed by atoms with Gasteiger partial charge in [0.1, 0.15) is 5.60 Å². The number of rotatable bonds is 3. The third-order valence-electron chi connectivity index (χ3n) is 3.87. The summed E-state index contributed by atoms with van der Waals surface area (Å²) in [4.78, 5) is 24.6. The Morgan fingerprint density at radius 3 is 2.71 bits per heavy atom. The van der Waals surface area contributed by atoms with Gasteiger partial charge >= 0.3 is 6.09 Å². The van der Waals surface area contributed by atoms with Gasteiger partial charge in [-0.15, -0.1) is 0 Å². The van der Waals surface area contributed by atoms with E-state index in [0.717, 1.165) is 30.6 Å². The summed E-state index contributed by atoms with van der Waals surface area (Å²) >= 11 is 0. The first-order valence-electron chi connectivity index (χ1n) is 8.15. The van der Waals surface area contributed by atoms with Crippen molar-refractivity contribution in [3.63, 3.8) is 0 Å². The molecule has 1 atom stereocenters. The van der Waals surface area contributed by atoms with E-state index >= 15 is 0 Å². The molecule has 0 bridgehead atoms. The van der Waals surface area contributed by atoms with Crippen molar-refractivity contribution in [2.75, 3.05) is 18.0 Å². The summed E-state index contributed by atoms with van der Waals surface area (Å²) in [5.74, 6) is 0. The minimum absolute atomic E-state index is 0.00296. The van der Waals surface area contributed by atoms with Crippen LogP contribution < -0.4 is 10.2 Å². The summed E-state index contributed by atoms with van der Waals surface area (Å²) in [5.41, 5.74) is 1.41. The molecule has 0 spiro atoms. The number of carbonyl (C=O) groups is 1. The number of non-ortho nitro benzene ring substituents is 1. The highest BCUT2D eigenvalue weighted by atomic mass is 16.6. The fourth-order valence-corrected chi connectivity index (χ4v) is 2.90. The summed E-state index contributed by atoms with van der Waals surface area (Å²) in [6.07, 6.45) is 1.42. The van der Waals surface area contributed by atoms with Crippen LogP contribution in [0.5, 0.6) is 0 Å². The zero-order valence-electron chi connectivity index (χ0n) is 14.7. The van der Waals surface area contributed by atoms with Crippen LogP contribution in [0, 0.1) is 17.0 Å². The van der Waals surface area contributed by atoms with E-state index in [1.807, 2.05) is 27.7 Å². The van der Waals surface area contributed by atoms with Crippen LogP contribution >= 0.6 is 0 Å². The summed E-state index contributed by atoms with van der Waals surface area (Å²) < 4.78 is 5.30. The van der Waals surface area contributed by atoms with Crippen molar-refractivity contribution in [1.82, 2.24) is 5.32 Å². The molecule has 132 valence electrons. The minimum atomic E-state index is -0.520. The van der Waals surface area contributed by atoms with Crippen LogP contribution in [0.1, 0.15) is 39.2 Å². The summed E-state index contributed by atoms with van der Waals surface area (Å²) in [6.45, 7) is 8.90. The van der Waals surface area contributed by atoms with Gasteiger partial charge < -0.3 is 15.0 Å². The second-order valence-corrected chi connectivity index (χ2v) is 7.16. The minimum Gasteiger partial charge on any atom is -0.444 e. The first-order chi connectivity index (χ1) is 11.2. The van der Waals surface area contributed by atoms with Crippen LogP contribution in [-0.2, 0) is 4.74 Å². The highest BCUT2D eigenvalue weighted by molar-refractivity contribution is 5.68. The Balaban J connectivity index is 2.03. The van der Waals surface area contributed by atoms with Gasteiger partial charge in [0.15, 0.2) is 0 Å². The first-order valence-corrected chi connectivity index (χ1v) is 8.15. The number of hydrogen-bond acceptors (Lipinski definition) is 5. The number of nitrogens with one attached hydrogen (secondary N) is 1. The molecule has 1 heterocycles. The maximum absolute atomic E-state index is 11.9. The molecule has 1 aliphatic heterocycles. The van der Waals surface area contributed by atoms with Gasteiger partial charge in [-0.1, -0.05) is 0 Å². The predicted octanol–water partition coefficient (Wildman–Crippen LogP) is 3.40. The normalized spacial score (nSPS) is 18.2. The van der Waals surface area contributed by atoms with Crippen LogP contribution in [0.4, 0.5) is 16.2 Å². The molecule has 1 aromatic rings. The molecular formula is C17H25N3O4. The smallest absolute Gasteiger partial charge is 0.407 e.